The fourth-order valence-electron chi connectivity index (χ4n) is 1.21. The Bertz CT molecular complexity index is 456. The zero-order valence-corrected chi connectivity index (χ0v) is 8.85. The molecule has 14 heavy (non-hydrogen) atoms. The maximum Gasteiger partial charge on any atom is 0.140 e. The number of aromatic nitrogens is 3. The van der Waals surface area contributed by atoms with Gasteiger partial charge in [-0.15, -0.1) is 0 Å². The van der Waals surface area contributed by atoms with Crippen LogP contribution >= 0.6 is 15.9 Å². The summed E-state index contributed by atoms with van der Waals surface area (Å²) in [6.07, 6.45) is 3.29. The summed E-state index contributed by atoms with van der Waals surface area (Å²) in [4.78, 5) is 8.24. The Hall–Kier alpha value is -0.980. The standard InChI is InChI=1S/C8H9BrN4O/c9-8-7(5(10)3-14)12-6-1-2-11-4-13(6)8/h1-2,4-5,14H,3,10H2. The lowest BCUT2D eigenvalue weighted by molar-refractivity contribution is 0.266. The molecule has 1 unspecified atom stereocenters. The Kier molecular flexibility index (Phi) is 2.49. The third-order valence-electron chi connectivity index (χ3n) is 1.94. The molecule has 74 valence electrons. The molecule has 1 atom stereocenters. The van der Waals surface area contributed by atoms with E-state index in [0.717, 1.165) is 10.3 Å². The topological polar surface area (TPSA) is 76.4 Å². The van der Waals surface area contributed by atoms with Gasteiger partial charge in [-0.2, -0.15) is 0 Å². The fraction of sp³-hybridized carbons (Fsp3) is 0.250. The molecule has 0 aliphatic rings. The van der Waals surface area contributed by atoms with Crippen molar-refractivity contribution in [2.75, 3.05) is 6.61 Å². The molecular formula is C8H9BrN4O. The van der Waals surface area contributed by atoms with Crippen LogP contribution < -0.4 is 5.73 Å². The first-order chi connectivity index (χ1) is 6.74. The van der Waals surface area contributed by atoms with E-state index in [0.29, 0.717) is 5.69 Å². The van der Waals surface area contributed by atoms with Crippen molar-refractivity contribution in [1.82, 2.24) is 14.4 Å². The van der Waals surface area contributed by atoms with Gasteiger partial charge < -0.3 is 10.8 Å². The normalized spacial score (nSPS) is 13.4. The lowest BCUT2D eigenvalue weighted by Gasteiger charge is -2.03. The number of fused-ring (bicyclic) bond motifs is 1. The summed E-state index contributed by atoms with van der Waals surface area (Å²) < 4.78 is 2.51. The Morgan fingerprint density at radius 3 is 3.07 bits per heavy atom. The molecule has 0 saturated heterocycles. The summed E-state index contributed by atoms with van der Waals surface area (Å²) in [7, 11) is 0. The van der Waals surface area contributed by atoms with Crippen LogP contribution in [0.15, 0.2) is 23.2 Å². The number of hydrogen-bond acceptors (Lipinski definition) is 4. The Balaban J connectivity index is 2.62. The SMILES string of the molecule is NC(CO)c1nc2ccncn2c1Br. The first kappa shape index (κ1) is 9.57. The minimum atomic E-state index is -0.468. The molecule has 2 rings (SSSR count). The smallest absolute Gasteiger partial charge is 0.140 e. The number of halogens is 1. The number of imidazole rings is 1. The predicted molar refractivity (Wildman–Crippen MR) is 54.7 cm³/mol. The number of rotatable bonds is 2. The minimum absolute atomic E-state index is 0.129. The van der Waals surface area contributed by atoms with Crippen LogP contribution in [-0.2, 0) is 0 Å². The molecule has 2 aromatic rings. The first-order valence-corrected chi connectivity index (χ1v) is 4.87. The molecule has 6 heteroatoms. The van der Waals surface area contributed by atoms with Gasteiger partial charge in [0, 0.05) is 6.20 Å². The lowest BCUT2D eigenvalue weighted by Crippen LogP contribution is -2.15. The summed E-state index contributed by atoms with van der Waals surface area (Å²) in [6, 6.07) is 1.31. The van der Waals surface area contributed by atoms with E-state index in [2.05, 4.69) is 25.9 Å². The molecule has 0 saturated carbocycles. The highest BCUT2D eigenvalue weighted by Crippen LogP contribution is 2.22. The second-order valence-electron chi connectivity index (χ2n) is 2.89. The third kappa shape index (κ3) is 1.41. The van der Waals surface area contributed by atoms with Gasteiger partial charge in [0.25, 0.3) is 0 Å². The highest BCUT2D eigenvalue weighted by atomic mass is 79.9. The van der Waals surface area contributed by atoms with Gasteiger partial charge in [0.1, 0.15) is 16.6 Å². The second-order valence-corrected chi connectivity index (χ2v) is 3.64. The van der Waals surface area contributed by atoms with Gasteiger partial charge in [0.15, 0.2) is 0 Å². The maximum atomic E-state index is 8.93. The van der Waals surface area contributed by atoms with Crippen LogP contribution in [-0.4, -0.2) is 26.1 Å². The lowest BCUT2D eigenvalue weighted by atomic mass is 10.2. The van der Waals surface area contributed by atoms with E-state index in [1.165, 1.54) is 0 Å². The van der Waals surface area contributed by atoms with Crippen LogP contribution in [0.1, 0.15) is 11.7 Å². The molecule has 2 heterocycles. The largest absolute Gasteiger partial charge is 0.394 e. The van der Waals surface area contributed by atoms with Crippen molar-refractivity contribution in [1.29, 1.82) is 0 Å². The minimum Gasteiger partial charge on any atom is -0.394 e. The van der Waals surface area contributed by atoms with Crippen LogP contribution in [0.3, 0.4) is 0 Å². The number of hydrogen-bond donors (Lipinski definition) is 2. The molecule has 5 nitrogen and oxygen atoms in total. The van der Waals surface area contributed by atoms with E-state index >= 15 is 0 Å². The number of nitrogens with zero attached hydrogens (tertiary/aromatic N) is 3. The van der Waals surface area contributed by atoms with Gasteiger partial charge in [0.2, 0.25) is 0 Å². The first-order valence-electron chi connectivity index (χ1n) is 4.08. The van der Waals surface area contributed by atoms with Crippen molar-refractivity contribution < 1.29 is 5.11 Å². The maximum absolute atomic E-state index is 8.93. The zero-order chi connectivity index (χ0) is 10.1. The molecule has 0 aliphatic heterocycles. The van der Waals surface area contributed by atoms with Crippen LogP contribution in [0.25, 0.3) is 5.65 Å². The van der Waals surface area contributed by atoms with Crippen LogP contribution in [0, 0.1) is 0 Å². The summed E-state index contributed by atoms with van der Waals surface area (Å²) >= 11 is 3.36. The molecule has 0 bridgehead atoms. The Morgan fingerprint density at radius 1 is 1.64 bits per heavy atom. The van der Waals surface area contributed by atoms with E-state index < -0.39 is 6.04 Å². The van der Waals surface area contributed by atoms with E-state index in [1.807, 2.05) is 0 Å². The third-order valence-corrected chi connectivity index (χ3v) is 2.73. The van der Waals surface area contributed by atoms with Crippen molar-refractivity contribution in [2.45, 2.75) is 6.04 Å². The van der Waals surface area contributed by atoms with Crippen molar-refractivity contribution in [3.8, 4) is 0 Å². The molecule has 0 spiro atoms. The van der Waals surface area contributed by atoms with Crippen LogP contribution in [0.5, 0.6) is 0 Å². The molecule has 3 N–H and O–H groups in total. The van der Waals surface area contributed by atoms with Gasteiger partial charge in [-0.25, -0.2) is 9.97 Å². The average Bonchev–Trinajstić information content (AvgIpc) is 2.56. The van der Waals surface area contributed by atoms with Gasteiger partial charge in [-0.05, 0) is 22.0 Å². The summed E-state index contributed by atoms with van der Waals surface area (Å²) in [6.45, 7) is -0.129. The van der Waals surface area contributed by atoms with Crippen LogP contribution in [0.4, 0.5) is 0 Å². The van der Waals surface area contributed by atoms with E-state index in [-0.39, 0.29) is 6.61 Å². The Morgan fingerprint density at radius 2 is 2.43 bits per heavy atom. The van der Waals surface area contributed by atoms with Crippen molar-refractivity contribution >= 4 is 21.6 Å². The van der Waals surface area contributed by atoms with Crippen molar-refractivity contribution in [2.24, 2.45) is 5.73 Å². The molecule has 0 aliphatic carbocycles. The molecule has 0 aromatic carbocycles. The monoisotopic (exact) mass is 256 g/mol. The second kappa shape index (κ2) is 3.64. The molecule has 2 aromatic heterocycles. The fourth-order valence-corrected chi connectivity index (χ4v) is 1.87. The number of nitrogens with two attached hydrogens (primary N) is 1. The Labute approximate surface area is 88.7 Å². The van der Waals surface area contributed by atoms with Gasteiger partial charge in [0.05, 0.1) is 18.3 Å². The quantitative estimate of drug-likeness (QED) is 0.820. The molecule has 0 fully saturated rings. The summed E-state index contributed by atoms with van der Waals surface area (Å²) in [5, 5.41) is 8.93. The van der Waals surface area contributed by atoms with E-state index in [9.17, 15) is 0 Å². The number of aliphatic hydroxyl groups excluding tert-OH is 1. The molecular weight excluding hydrogens is 248 g/mol. The van der Waals surface area contributed by atoms with E-state index in [4.69, 9.17) is 10.8 Å². The zero-order valence-electron chi connectivity index (χ0n) is 7.26. The number of aliphatic hydroxyl groups is 1. The van der Waals surface area contributed by atoms with Crippen molar-refractivity contribution in [3.63, 3.8) is 0 Å². The summed E-state index contributed by atoms with van der Waals surface area (Å²) in [5.74, 6) is 0. The van der Waals surface area contributed by atoms with Crippen molar-refractivity contribution in [3.05, 3.63) is 28.9 Å². The predicted octanol–water partition coefficient (Wildman–Crippen LogP) is 0.484. The van der Waals surface area contributed by atoms with Crippen LogP contribution in [0.2, 0.25) is 0 Å². The highest BCUT2D eigenvalue weighted by molar-refractivity contribution is 9.10. The molecule has 0 radical (unpaired) electrons. The van der Waals surface area contributed by atoms with Gasteiger partial charge in [-0.3, -0.25) is 4.40 Å². The molecule has 0 amide bonds. The van der Waals surface area contributed by atoms with E-state index in [1.54, 1.807) is 23.0 Å². The van der Waals surface area contributed by atoms with Gasteiger partial charge in [-0.1, -0.05) is 0 Å². The highest BCUT2D eigenvalue weighted by Gasteiger charge is 2.15. The van der Waals surface area contributed by atoms with Gasteiger partial charge >= 0.3 is 0 Å². The summed E-state index contributed by atoms with van der Waals surface area (Å²) in [5.41, 5.74) is 7.08. The average molecular weight is 257 g/mol.